The zero-order valence-corrected chi connectivity index (χ0v) is 8.30. The molecule has 4 N–H and O–H groups in total. The standard InChI is InChI=1S/C8H12NO4P/c9-6-8(13-14(10,11)12)7-4-2-1-3-5-7/h1-5,8H,6,9H2,(H2,10,11,12). The van der Waals surface area contributed by atoms with Crippen LogP contribution in [0.1, 0.15) is 11.7 Å². The molecule has 1 aromatic rings. The molecule has 6 heteroatoms. The Morgan fingerprint density at radius 3 is 2.36 bits per heavy atom. The summed E-state index contributed by atoms with van der Waals surface area (Å²) in [6, 6.07) is 8.71. The van der Waals surface area contributed by atoms with Crippen LogP contribution in [-0.4, -0.2) is 16.3 Å². The van der Waals surface area contributed by atoms with Crippen LogP contribution in [0, 0.1) is 0 Å². The molecule has 0 amide bonds. The van der Waals surface area contributed by atoms with E-state index in [0.717, 1.165) is 0 Å². The van der Waals surface area contributed by atoms with Crippen LogP contribution in [0.5, 0.6) is 0 Å². The van der Waals surface area contributed by atoms with Gasteiger partial charge in [-0.2, -0.15) is 0 Å². The van der Waals surface area contributed by atoms with E-state index in [1.807, 2.05) is 0 Å². The first-order chi connectivity index (χ1) is 6.53. The SMILES string of the molecule is NCC(OP(=O)(O)O)c1ccccc1. The molecule has 0 fully saturated rings. The number of hydrogen-bond acceptors (Lipinski definition) is 3. The number of nitrogens with two attached hydrogens (primary N) is 1. The van der Waals surface area contributed by atoms with Gasteiger partial charge >= 0.3 is 7.82 Å². The van der Waals surface area contributed by atoms with Gasteiger partial charge in [-0.3, -0.25) is 4.52 Å². The van der Waals surface area contributed by atoms with Gasteiger partial charge in [0, 0.05) is 6.54 Å². The second kappa shape index (κ2) is 4.68. The molecule has 0 aliphatic rings. The molecule has 0 heterocycles. The van der Waals surface area contributed by atoms with Crippen molar-refractivity contribution in [2.24, 2.45) is 5.73 Å². The smallest absolute Gasteiger partial charge is 0.328 e. The lowest BCUT2D eigenvalue weighted by molar-refractivity contribution is 0.139. The second-order valence-corrected chi connectivity index (χ2v) is 3.92. The van der Waals surface area contributed by atoms with E-state index in [1.54, 1.807) is 30.3 Å². The highest BCUT2D eigenvalue weighted by molar-refractivity contribution is 7.46. The first kappa shape index (κ1) is 11.4. The minimum absolute atomic E-state index is 0.0229. The van der Waals surface area contributed by atoms with Crippen molar-refractivity contribution in [2.75, 3.05) is 6.54 Å². The Labute approximate surface area is 81.8 Å². The number of phosphoric acid groups is 1. The van der Waals surface area contributed by atoms with Crippen LogP contribution in [0.25, 0.3) is 0 Å². The molecule has 78 valence electrons. The summed E-state index contributed by atoms with van der Waals surface area (Å²) in [5.41, 5.74) is 5.99. The van der Waals surface area contributed by atoms with Gasteiger partial charge in [0.25, 0.3) is 0 Å². The Morgan fingerprint density at radius 2 is 1.93 bits per heavy atom. The van der Waals surface area contributed by atoms with Crippen molar-refractivity contribution in [1.29, 1.82) is 0 Å². The minimum atomic E-state index is -4.48. The molecule has 1 atom stereocenters. The summed E-state index contributed by atoms with van der Waals surface area (Å²) in [7, 11) is -4.48. The van der Waals surface area contributed by atoms with Gasteiger partial charge in [0.2, 0.25) is 0 Å². The summed E-state index contributed by atoms with van der Waals surface area (Å²) >= 11 is 0. The largest absolute Gasteiger partial charge is 0.470 e. The molecule has 0 saturated carbocycles. The Hall–Kier alpha value is -0.710. The molecule has 0 aliphatic heterocycles. The quantitative estimate of drug-likeness (QED) is 0.648. The van der Waals surface area contributed by atoms with Crippen molar-refractivity contribution in [3.8, 4) is 0 Å². The third-order valence-corrected chi connectivity index (χ3v) is 2.18. The Morgan fingerprint density at radius 1 is 1.36 bits per heavy atom. The van der Waals surface area contributed by atoms with E-state index in [4.69, 9.17) is 15.5 Å². The molecular weight excluding hydrogens is 205 g/mol. The molecular formula is C8H12NO4P. The summed E-state index contributed by atoms with van der Waals surface area (Å²) in [4.78, 5) is 17.2. The van der Waals surface area contributed by atoms with E-state index in [-0.39, 0.29) is 6.54 Å². The molecule has 0 saturated heterocycles. The van der Waals surface area contributed by atoms with E-state index in [1.165, 1.54) is 0 Å². The lowest BCUT2D eigenvalue weighted by Gasteiger charge is -2.16. The van der Waals surface area contributed by atoms with Crippen LogP contribution in [0.4, 0.5) is 0 Å². The molecule has 0 spiro atoms. The van der Waals surface area contributed by atoms with Gasteiger partial charge in [0.15, 0.2) is 0 Å². The maximum atomic E-state index is 10.6. The van der Waals surface area contributed by atoms with Crippen molar-refractivity contribution in [3.63, 3.8) is 0 Å². The maximum Gasteiger partial charge on any atom is 0.470 e. The van der Waals surface area contributed by atoms with Gasteiger partial charge in [0.05, 0.1) is 0 Å². The van der Waals surface area contributed by atoms with Gasteiger partial charge in [0.1, 0.15) is 6.10 Å². The highest BCUT2D eigenvalue weighted by atomic mass is 31.2. The summed E-state index contributed by atoms with van der Waals surface area (Å²) in [6.45, 7) is 0.0229. The van der Waals surface area contributed by atoms with E-state index >= 15 is 0 Å². The van der Waals surface area contributed by atoms with Crippen molar-refractivity contribution >= 4 is 7.82 Å². The average molecular weight is 217 g/mol. The van der Waals surface area contributed by atoms with Gasteiger partial charge in [-0.15, -0.1) is 0 Å². The summed E-state index contributed by atoms with van der Waals surface area (Å²) in [6.07, 6.45) is -0.767. The van der Waals surface area contributed by atoms with Gasteiger partial charge in [-0.05, 0) is 5.56 Å². The van der Waals surface area contributed by atoms with E-state index in [2.05, 4.69) is 4.52 Å². The molecule has 14 heavy (non-hydrogen) atoms. The third-order valence-electron chi connectivity index (χ3n) is 1.65. The fourth-order valence-electron chi connectivity index (χ4n) is 1.07. The first-order valence-corrected chi connectivity index (χ1v) is 5.55. The average Bonchev–Trinajstić information content (AvgIpc) is 2.14. The second-order valence-electron chi connectivity index (χ2n) is 2.73. The van der Waals surface area contributed by atoms with Gasteiger partial charge in [-0.25, -0.2) is 4.57 Å². The van der Waals surface area contributed by atoms with Crippen LogP contribution >= 0.6 is 7.82 Å². The van der Waals surface area contributed by atoms with E-state index in [0.29, 0.717) is 5.56 Å². The summed E-state index contributed by atoms with van der Waals surface area (Å²) < 4.78 is 15.1. The zero-order chi connectivity index (χ0) is 10.6. The predicted molar refractivity (Wildman–Crippen MR) is 51.4 cm³/mol. The monoisotopic (exact) mass is 217 g/mol. The Kier molecular flexibility index (Phi) is 3.80. The highest BCUT2D eigenvalue weighted by Gasteiger charge is 2.22. The molecule has 0 bridgehead atoms. The summed E-state index contributed by atoms with van der Waals surface area (Å²) in [5.74, 6) is 0. The zero-order valence-electron chi connectivity index (χ0n) is 7.41. The van der Waals surface area contributed by atoms with Crippen molar-refractivity contribution in [1.82, 2.24) is 0 Å². The first-order valence-electron chi connectivity index (χ1n) is 4.02. The molecule has 0 radical (unpaired) electrons. The minimum Gasteiger partial charge on any atom is -0.328 e. The molecule has 1 rings (SSSR count). The molecule has 0 aliphatic carbocycles. The van der Waals surface area contributed by atoms with Crippen LogP contribution in [0.15, 0.2) is 30.3 Å². The van der Waals surface area contributed by atoms with Gasteiger partial charge in [-0.1, -0.05) is 30.3 Å². The predicted octanol–water partition coefficient (Wildman–Crippen LogP) is 0.796. The number of rotatable bonds is 4. The Bertz CT molecular complexity index is 323. The summed E-state index contributed by atoms with van der Waals surface area (Å²) in [5, 5.41) is 0. The number of hydrogen-bond donors (Lipinski definition) is 3. The molecule has 0 aromatic heterocycles. The molecule has 1 unspecified atom stereocenters. The van der Waals surface area contributed by atoms with Crippen LogP contribution in [0.3, 0.4) is 0 Å². The molecule has 5 nitrogen and oxygen atoms in total. The fourth-order valence-corrected chi connectivity index (χ4v) is 1.61. The van der Waals surface area contributed by atoms with E-state index in [9.17, 15) is 4.57 Å². The van der Waals surface area contributed by atoms with Crippen LogP contribution in [0.2, 0.25) is 0 Å². The molecule has 1 aromatic carbocycles. The van der Waals surface area contributed by atoms with Crippen molar-refractivity contribution in [3.05, 3.63) is 35.9 Å². The maximum absolute atomic E-state index is 10.6. The number of benzene rings is 1. The van der Waals surface area contributed by atoms with Crippen LogP contribution in [-0.2, 0) is 9.09 Å². The lowest BCUT2D eigenvalue weighted by atomic mass is 10.1. The van der Waals surface area contributed by atoms with Gasteiger partial charge < -0.3 is 15.5 Å². The van der Waals surface area contributed by atoms with E-state index < -0.39 is 13.9 Å². The number of phosphoric ester groups is 1. The topological polar surface area (TPSA) is 92.8 Å². The highest BCUT2D eigenvalue weighted by Crippen LogP contribution is 2.41. The van der Waals surface area contributed by atoms with Crippen LogP contribution < -0.4 is 5.73 Å². The normalized spacial score (nSPS) is 13.9. The van der Waals surface area contributed by atoms with Crippen molar-refractivity contribution < 1.29 is 18.9 Å². The fraction of sp³-hybridized carbons (Fsp3) is 0.250. The lowest BCUT2D eigenvalue weighted by Crippen LogP contribution is -2.14. The van der Waals surface area contributed by atoms with Crippen molar-refractivity contribution in [2.45, 2.75) is 6.10 Å². The third kappa shape index (κ3) is 3.57. The Balaban J connectivity index is 2.78.